The average molecular weight is 458 g/mol. The molecule has 0 aromatic carbocycles. The fourth-order valence-electron chi connectivity index (χ4n) is 4.53. The summed E-state index contributed by atoms with van der Waals surface area (Å²) in [5.74, 6) is -0.443. The first-order valence-electron chi connectivity index (χ1n) is 9.52. The number of aryl methyl sites for hydroxylation is 1. The molecule has 2 fully saturated rings. The van der Waals surface area contributed by atoms with Gasteiger partial charge >= 0.3 is 12.1 Å². The highest BCUT2D eigenvalue weighted by Gasteiger charge is 2.60. The maximum atomic E-state index is 13.1. The van der Waals surface area contributed by atoms with E-state index in [4.69, 9.17) is 9.47 Å². The maximum Gasteiger partial charge on any atom is 0.410 e. The molecule has 2 aliphatic rings. The van der Waals surface area contributed by atoms with Crippen LogP contribution < -0.4 is 0 Å². The van der Waals surface area contributed by atoms with Crippen molar-refractivity contribution in [2.45, 2.75) is 69.6 Å². The Balaban J connectivity index is 2.02. The van der Waals surface area contributed by atoms with Gasteiger partial charge in [-0.15, -0.1) is 0 Å². The van der Waals surface area contributed by atoms with Crippen molar-refractivity contribution in [2.75, 3.05) is 13.2 Å². The predicted molar refractivity (Wildman–Crippen MR) is 105 cm³/mol. The molecule has 28 heavy (non-hydrogen) atoms. The summed E-state index contributed by atoms with van der Waals surface area (Å²) in [4.78, 5) is 30.6. The SMILES string of the molecule is Cn1cc(Br)nc1C1(OCC(=O)O)CN(C(=O)OC(C)(C)C)C2(CCCC2)C1. The van der Waals surface area contributed by atoms with Crippen LogP contribution in [0.5, 0.6) is 0 Å². The number of hydrogen-bond acceptors (Lipinski definition) is 5. The van der Waals surface area contributed by atoms with E-state index in [2.05, 4.69) is 20.9 Å². The number of carbonyl (C=O) groups is 2. The zero-order valence-electron chi connectivity index (χ0n) is 16.8. The number of carboxylic acid groups (broad SMARTS) is 1. The zero-order valence-corrected chi connectivity index (χ0v) is 18.4. The number of imidazole rings is 1. The van der Waals surface area contributed by atoms with Gasteiger partial charge in [0.05, 0.1) is 6.54 Å². The van der Waals surface area contributed by atoms with E-state index in [9.17, 15) is 14.7 Å². The number of rotatable bonds is 4. The van der Waals surface area contributed by atoms with Gasteiger partial charge in [0.1, 0.15) is 28.2 Å². The van der Waals surface area contributed by atoms with Crippen LogP contribution in [0.4, 0.5) is 4.79 Å². The number of ether oxygens (including phenoxy) is 2. The first kappa shape index (κ1) is 21.1. The Hall–Kier alpha value is -1.61. The van der Waals surface area contributed by atoms with Gasteiger partial charge in [0, 0.05) is 25.2 Å². The monoisotopic (exact) mass is 457 g/mol. The van der Waals surface area contributed by atoms with Gasteiger partial charge in [-0.1, -0.05) is 12.8 Å². The Bertz CT molecular complexity index is 766. The minimum Gasteiger partial charge on any atom is -0.480 e. The molecule has 156 valence electrons. The van der Waals surface area contributed by atoms with Gasteiger partial charge in [0.2, 0.25) is 0 Å². The van der Waals surface area contributed by atoms with Gasteiger partial charge in [-0.05, 0) is 49.5 Å². The number of likely N-dealkylation sites (tertiary alicyclic amines) is 1. The molecule has 1 aromatic rings. The molecular formula is C19H28BrN3O5. The molecule has 9 heteroatoms. The third-order valence-electron chi connectivity index (χ3n) is 5.48. The molecule has 3 rings (SSSR count). The number of hydrogen-bond donors (Lipinski definition) is 1. The molecule has 1 aliphatic carbocycles. The Morgan fingerprint density at radius 2 is 1.96 bits per heavy atom. The molecule has 1 N–H and O–H groups in total. The normalized spacial score (nSPS) is 24.1. The fourth-order valence-corrected chi connectivity index (χ4v) is 5.00. The summed E-state index contributed by atoms with van der Waals surface area (Å²) in [6, 6.07) is 0. The van der Waals surface area contributed by atoms with E-state index < -0.39 is 29.3 Å². The van der Waals surface area contributed by atoms with Gasteiger partial charge in [0.25, 0.3) is 0 Å². The molecule has 1 amide bonds. The molecule has 1 atom stereocenters. The molecule has 1 spiro atoms. The van der Waals surface area contributed by atoms with Crippen molar-refractivity contribution in [1.29, 1.82) is 0 Å². The number of amides is 1. The van der Waals surface area contributed by atoms with E-state index in [0.717, 1.165) is 25.7 Å². The lowest BCUT2D eigenvalue weighted by atomic mass is 9.87. The molecule has 0 bridgehead atoms. The molecule has 1 aromatic heterocycles. The minimum absolute atomic E-state index is 0.215. The Morgan fingerprint density at radius 1 is 1.32 bits per heavy atom. The Kier molecular flexibility index (Phi) is 5.53. The van der Waals surface area contributed by atoms with Crippen molar-refractivity contribution >= 4 is 28.0 Å². The highest BCUT2D eigenvalue weighted by Crippen LogP contribution is 2.52. The summed E-state index contributed by atoms with van der Waals surface area (Å²) in [6.45, 7) is 5.28. The third-order valence-corrected chi connectivity index (χ3v) is 5.86. The van der Waals surface area contributed by atoms with Crippen LogP contribution in [0.1, 0.15) is 58.7 Å². The first-order chi connectivity index (χ1) is 13.0. The number of aromatic nitrogens is 2. The fraction of sp³-hybridized carbons (Fsp3) is 0.737. The van der Waals surface area contributed by atoms with E-state index in [0.29, 0.717) is 16.8 Å². The standard InChI is InChI=1S/C19H28BrN3O5/c1-17(2,3)28-16(26)23-12-19(27-10-14(24)25,11-18(23)7-5-6-8-18)15-21-13(20)9-22(15)4/h9H,5-8,10-12H2,1-4H3,(H,24,25). The van der Waals surface area contributed by atoms with Gasteiger partial charge in [-0.25, -0.2) is 14.6 Å². The highest BCUT2D eigenvalue weighted by molar-refractivity contribution is 9.10. The maximum absolute atomic E-state index is 13.1. The molecular weight excluding hydrogens is 430 g/mol. The zero-order chi connectivity index (χ0) is 20.7. The van der Waals surface area contributed by atoms with Crippen LogP contribution in [-0.4, -0.2) is 55.9 Å². The minimum atomic E-state index is -1.05. The summed E-state index contributed by atoms with van der Waals surface area (Å²) in [5.41, 5.74) is -2.02. The number of aliphatic carboxylic acids is 1. The van der Waals surface area contributed by atoms with Gasteiger partial charge in [-0.2, -0.15) is 0 Å². The van der Waals surface area contributed by atoms with Crippen molar-refractivity contribution in [3.8, 4) is 0 Å². The second-order valence-electron chi connectivity index (χ2n) is 8.85. The summed E-state index contributed by atoms with van der Waals surface area (Å²) < 4.78 is 14.1. The summed E-state index contributed by atoms with van der Waals surface area (Å²) in [7, 11) is 1.84. The van der Waals surface area contributed by atoms with Crippen LogP contribution in [0.2, 0.25) is 0 Å². The second-order valence-corrected chi connectivity index (χ2v) is 9.66. The van der Waals surface area contributed by atoms with Crippen LogP contribution in [0.25, 0.3) is 0 Å². The summed E-state index contributed by atoms with van der Waals surface area (Å²) >= 11 is 3.38. The summed E-state index contributed by atoms with van der Waals surface area (Å²) in [6.07, 6.45) is 5.63. The van der Waals surface area contributed by atoms with E-state index in [1.54, 1.807) is 11.1 Å². The van der Waals surface area contributed by atoms with Gasteiger partial charge < -0.3 is 19.1 Å². The summed E-state index contributed by atoms with van der Waals surface area (Å²) in [5, 5.41) is 9.23. The van der Waals surface area contributed by atoms with E-state index in [1.165, 1.54) is 0 Å². The average Bonchev–Trinajstić information content (AvgIpc) is 3.24. The van der Waals surface area contributed by atoms with Crippen LogP contribution in [-0.2, 0) is 26.9 Å². The predicted octanol–water partition coefficient (Wildman–Crippen LogP) is 3.43. The van der Waals surface area contributed by atoms with E-state index in [-0.39, 0.29) is 12.6 Å². The molecule has 1 saturated heterocycles. The molecule has 8 nitrogen and oxygen atoms in total. The van der Waals surface area contributed by atoms with Crippen LogP contribution in [0, 0.1) is 0 Å². The van der Waals surface area contributed by atoms with Crippen molar-refractivity contribution in [3.05, 3.63) is 16.6 Å². The van der Waals surface area contributed by atoms with Crippen molar-refractivity contribution in [3.63, 3.8) is 0 Å². The van der Waals surface area contributed by atoms with Crippen molar-refractivity contribution in [2.24, 2.45) is 7.05 Å². The quantitative estimate of drug-likeness (QED) is 0.743. The topological polar surface area (TPSA) is 93.9 Å². The smallest absolute Gasteiger partial charge is 0.410 e. The van der Waals surface area contributed by atoms with Crippen LogP contribution >= 0.6 is 15.9 Å². The lowest BCUT2D eigenvalue weighted by molar-refractivity contribution is -0.150. The van der Waals surface area contributed by atoms with Crippen LogP contribution in [0.15, 0.2) is 10.8 Å². The molecule has 1 aliphatic heterocycles. The molecule has 0 radical (unpaired) electrons. The van der Waals surface area contributed by atoms with Gasteiger partial charge in [0.15, 0.2) is 0 Å². The number of carbonyl (C=O) groups excluding carboxylic acids is 1. The van der Waals surface area contributed by atoms with E-state index in [1.807, 2.05) is 32.4 Å². The molecule has 1 saturated carbocycles. The Labute approximate surface area is 173 Å². The number of carboxylic acids is 1. The molecule has 2 heterocycles. The number of halogens is 1. The van der Waals surface area contributed by atoms with E-state index >= 15 is 0 Å². The first-order valence-corrected chi connectivity index (χ1v) is 10.3. The third kappa shape index (κ3) is 4.05. The van der Waals surface area contributed by atoms with Crippen LogP contribution in [0.3, 0.4) is 0 Å². The van der Waals surface area contributed by atoms with Crippen molar-refractivity contribution in [1.82, 2.24) is 14.5 Å². The molecule has 1 unspecified atom stereocenters. The van der Waals surface area contributed by atoms with Crippen molar-refractivity contribution < 1.29 is 24.2 Å². The Morgan fingerprint density at radius 3 is 2.46 bits per heavy atom. The lowest BCUT2D eigenvalue weighted by Crippen LogP contribution is -2.47. The lowest BCUT2D eigenvalue weighted by Gasteiger charge is -2.35. The number of nitrogens with zero attached hydrogens (tertiary/aromatic N) is 3. The largest absolute Gasteiger partial charge is 0.480 e. The second kappa shape index (κ2) is 7.33. The highest BCUT2D eigenvalue weighted by atomic mass is 79.9. The van der Waals surface area contributed by atoms with Gasteiger partial charge in [-0.3, -0.25) is 4.90 Å².